The van der Waals surface area contributed by atoms with Gasteiger partial charge in [0.2, 0.25) is 0 Å². The van der Waals surface area contributed by atoms with Gasteiger partial charge < -0.3 is 10.1 Å². The number of para-hydroxylation sites is 1. The van der Waals surface area contributed by atoms with Gasteiger partial charge in [-0.1, -0.05) is 54.6 Å². The molecule has 36 heavy (non-hydrogen) atoms. The summed E-state index contributed by atoms with van der Waals surface area (Å²) < 4.78 is 21.5. The van der Waals surface area contributed by atoms with Gasteiger partial charge in [0.1, 0.15) is 35.5 Å². The van der Waals surface area contributed by atoms with Crippen LogP contribution < -0.4 is 10.1 Å². The van der Waals surface area contributed by atoms with Crippen LogP contribution in [-0.4, -0.2) is 22.2 Å². The van der Waals surface area contributed by atoms with E-state index in [0.29, 0.717) is 28.1 Å². The van der Waals surface area contributed by atoms with Crippen LogP contribution in [0.4, 0.5) is 4.39 Å². The maximum atomic E-state index is 14.0. The summed E-state index contributed by atoms with van der Waals surface area (Å²) in [5.41, 5.74) is 3.06. The summed E-state index contributed by atoms with van der Waals surface area (Å²) in [6.07, 6.45) is 4.81. The third-order valence-corrected chi connectivity index (χ3v) is 5.29. The number of hydrogen-bond acceptors (Lipinski definition) is 4. The number of halogens is 1. The number of ether oxygens (including phenoxy) is 1. The predicted molar refractivity (Wildman–Crippen MR) is 137 cm³/mol. The fourth-order valence-electron chi connectivity index (χ4n) is 3.50. The molecule has 0 saturated carbocycles. The van der Waals surface area contributed by atoms with Gasteiger partial charge in [-0.05, 0) is 36.4 Å². The molecule has 6 nitrogen and oxygen atoms in total. The zero-order valence-electron chi connectivity index (χ0n) is 19.4. The van der Waals surface area contributed by atoms with Crippen LogP contribution >= 0.6 is 0 Å². The van der Waals surface area contributed by atoms with E-state index in [2.05, 4.69) is 11.9 Å². The molecule has 0 aliphatic heterocycles. The first-order valence-electron chi connectivity index (χ1n) is 11.2. The zero-order chi connectivity index (χ0) is 25.3. The van der Waals surface area contributed by atoms with Crippen LogP contribution in [0.15, 0.2) is 103 Å². The van der Waals surface area contributed by atoms with Crippen molar-refractivity contribution in [3.63, 3.8) is 0 Å². The third-order valence-electron chi connectivity index (χ3n) is 5.29. The van der Waals surface area contributed by atoms with Crippen molar-refractivity contribution in [3.05, 3.63) is 120 Å². The summed E-state index contributed by atoms with van der Waals surface area (Å²) in [6.45, 7) is 3.90. The Labute approximate surface area is 208 Å². The van der Waals surface area contributed by atoms with Crippen LogP contribution in [0.2, 0.25) is 0 Å². The molecule has 4 aromatic rings. The van der Waals surface area contributed by atoms with E-state index in [1.54, 1.807) is 47.3 Å². The normalized spacial score (nSPS) is 10.9. The minimum Gasteiger partial charge on any atom is -0.489 e. The molecule has 0 aliphatic rings. The van der Waals surface area contributed by atoms with Crippen molar-refractivity contribution >= 4 is 12.0 Å². The van der Waals surface area contributed by atoms with Crippen LogP contribution in [0.25, 0.3) is 23.0 Å². The van der Waals surface area contributed by atoms with Crippen molar-refractivity contribution < 1.29 is 13.9 Å². The number of benzene rings is 3. The van der Waals surface area contributed by atoms with Gasteiger partial charge in [-0.25, -0.2) is 9.07 Å². The molecule has 0 fully saturated rings. The number of carbonyl (C=O) groups is 1. The second-order valence-electron chi connectivity index (χ2n) is 7.79. The lowest BCUT2D eigenvalue weighted by molar-refractivity contribution is -0.116. The third kappa shape index (κ3) is 5.75. The van der Waals surface area contributed by atoms with E-state index in [0.717, 1.165) is 5.69 Å². The molecule has 4 rings (SSSR count). The van der Waals surface area contributed by atoms with Crippen molar-refractivity contribution in [2.45, 2.75) is 6.61 Å². The fourth-order valence-corrected chi connectivity index (χ4v) is 3.50. The smallest absolute Gasteiger partial charge is 0.262 e. The van der Waals surface area contributed by atoms with Crippen LogP contribution in [-0.2, 0) is 11.4 Å². The van der Waals surface area contributed by atoms with Gasteiger partial charge in [0.25, 0.3) is 5.91 Å². The molecule has 0 atom stereocenters. The van der Waals surface area contributed by atoms with Crippen LogP contribution in [0.1, 0.15) is 11.1 Å². The highest BCUT2D eigenvalue weighted by molar-refractivity contribution is 6.02. The topological polar surface area (TPSA) is 79.9 Å². The molecule has 7 heteroatoms. The Hall–Kier alpha value is -4.96. The summed E-state index contributed by atoms with van der Waals surface area (Å²) in [5.74, 6) is -0.302. The minimum absolute atomic E-state index is 0.0577. The number of hydrogen-bond donors (Lipinski definition) is 1. The van der Waals surface area contributed by atoms with Gasteiger partial charge >= 0.3 is 0 Å². The largest absolute Gasteiger partial charge is 0.489 e. The Morgan fingerprint density at radius 2 is 1.89 bits per heavy atom. The van der Waals surface area contributed by atoms with Gasteiger partial charge in [-0.3, -0.25) is 4.79 Å². The molecule has 0 saturated heterocycles. The van der Waals surface area contributed by atoms with Crippen molar-refractivity contribution in [1.29, 1.82) is 5.26 Å². The number of amides is 1. The molecule has 0 unspecified atom stereocenters. The molecule has 1 N–H and O–H groups in total. The van der Waals surface area contributed by atoms with Crippen LogP contribution in [0, 0.1) is 17.1 Å². The van der Waals surface area contributed by atoms with E-state index in [9.17, 15) is 14.4 Å². The maximum absolute atomic E-state index is 14.0. The van der Waals surface area contributed by atoms with E-state index in [4.69, 9.17) is 9.84 Å². The predicted octanol–water partition coefficient (Wildman–Crippen LogP) is 5.47. The van der Waals surface area contributed by atoms with Crippen molar-refractivity contribution in [1.82, 2.24) is 15.1 Å². The highest BCUT2D eigenvalue weighted by Gasteiger charge is 2.15. The molecule has 178 valence electrons. The second kappa shape index (κ2) is 11.4. The highest BCUT2D eigenvalue weighted by atomic mass is 19.1. The Balaban J connectivity index is 1.71. The molecule has 0 bridgehead atoms. The van der Waals surface area contributed by atoms with Crippen molar-refractivity contribution in [2.75, 3.05) is 6.54 Å². The van der Waals surface area contributed by atoms with Gasteiger partial charge in [0, 0.05) is 29.4 Å². The minimum atomic E-state index is -0.502. The van der Waals surface area contributed by atoms with Gasteiger partial charge in [0.15, 0.2) is 0 Å². The summed E-state index contributed by atoms with van der Waals surface area (Å²) in [7, 11) is 0. The number of rotatable bonds is 9. The molecule has 1 heterocycles. The average Bonchev–Trinajstić information content (AvgIpc) is 3.34. The van der Waals surface area contributed by atoms with Gasteiger partial charge in [-0.15, -0.1) is 6.58 Å². The monoisotopic (exact) mass is 478 g/mol. The lowest BCUT2D eigenvalue weighted by Gasteiger charge is -2.09. The maximum Gasteiger partial charge on any atom is 0.262 e. The number of aromatic nitrogens is 2. The highest BCUT2D eigenvalue weighted by Crippen LogP contribution is 2.29. The summed E-state index contributed by atoms with van der Waals surface area (Å²) >= 11 is 0. The molecule has 3 aromatic carbocycles. The Kier molecular flexibility index (Phi) is 7.69. The van der Waals surface area contributed by atoms with E-state index in [-0.39, 0.29) is 24.5 Å². The van der Waals surface area contributed by atoms with E-state index < -0.39 is 5.91 Å². The SMILES string of the molecule is C=CCNC(=O)/C(C#N)=C\c1cn(-c2ccccc2)nc1-c1cccc(OCc2ccccc2F)c1. The van der Waals surface area contributed by atoms with Crippen molar-refractivity contribution in [3.8, 4) is 28.8 Å². The first kappa shape index (κ1) is 24.2. The zero-order valence-corrected chi connectivity index (χ0v) is 19.4. The lowest BCUT2D eigenvalue weighted by Crippen LogP contribution is -2.24. The lowest BCUT2D eigenvalue weighted by atomic mass is 10.1. The van der Waals surface area contributed by atoms with Gasteiger partial charge in [-0.2, -0.15) is 10.4 Å². The molecule has 0 radical (unpaired) electrons. The van der Waals surface area contributed by atoms with Crippen LogP contribution in [0.3, 0.4) is 0 Å². The van der Waals surface area contributed by atoms with Crippen molar-refractivity contribution in [2.24, 2.45) is 0 Å². The molecular weight excluding hydrogens is 455 g/mol. The number of nitrogens with one attached hydrogen (secondary N) is 1. The number of nitrogens with zero attached hydrogens (tertiary/aromatic N) is 3. The molecule has 0 aliphatic carbocycles. The fraction of sp³-hybridized carbons (Fsp3) is 0.0690. The number of carbonyl (C=O) groups excluding carboxylic acids is 1. The summed E-state index contributed by atoms with van der Waals surface area (Å²) in [6, 6.07) is 25.1. The first-order chi connectivity index (χ1) is 17.6. The molecular formula is C29H23FN4O2. The molecule has 1 amide bonds. The Morgan fingerprint density at radius 1 is 1.11 bits per heavy atom. The molecule has 1 aromatic heterocycles. The molecule has 0 spiro atoms. The summed E-state index contributed by atoms with van der Waals surface area (Å²) in [5, 5.41) is 17.0. The quantitative estimate of drug-likeness (QED) is 0.197. The number of nitriles is 1. The summed E-state index contributed by atoms with van der Waals surface area (Å²) in [4.78, 5) is 12.4. The Morgan fingerprint density at radius 3 is 2.64 bits per heavy atom. The average molecular weight is 479 g/mol. The van der Waals surface area contributed by atoms with Crippen LogP contribution in [0.5, 0.6) is 5.75 Å². The van der Waals surface area contributed by atoms with E-state index in [1.807, 2.05) is 48.5 Å². The van der Waals surface area contributed by atoms with Gasteiger partial charge in [0.05, 0.1) is 5.69 Å². The van der Waals surface area contributed by atoms with E-state index >= 15 is 0 Å². The van der Waals surface area contributed by atoms with E-state index in [1.165, 1.54) is 12.1 Å². The Bertz CT molecular complexity index is 1450. The first-order valence-corrected chi connectivity index (χ1v) is 11.2. The standard InChI is InChI=1S/C29H23FN4O2/c1-2-15-32-29(35)23(18-31)16-24-19-34(25-11-4-3-5-12-25)33-28(24)21-10-8-13-26(17-21)36-20-22-9-6-7-14-27(22)30/h2-14,16-17,19H,1,15,20H2,(H,32,35)/b23-16-. The second-order valence-corrected chi connectivity index (χ2v) is 7.79.